The molecular formula is C26H35NO3S. The second kappa shape index (κ2) is 7.93. The fourth-order valence-electron chi connectivity index (χ4n) is 4.96. The molecule has 0 aromatic heterocycles. The van der Waals surface area contributed by atoms with Gasteiger partial charge in [-0.1, -0.05) is 24.3 Å². The molecule has 0 atom stereocenters. The van der Waals surface area contributed by atoms with E-state index in [1.54, 1.807) is 0 Å². The first-order chi connectivity index (χ1) is 14.4. The zero-order valence-electron chi connectivity index (χ0n) is 19.5. The quantitative estimate of drug-likeness (QED) is 0.660. The molecule has 1 saturated heterocycles. The van der Waals surface area contributed by atoms with Crippen LogP contribution in [0.25, 0.3) is 11.1 Å². The molecule has 4 rings (SSSR count). The van der Waals surface area contributed by atoms with Gasteiger partial charge < -0.3 is 4.74 Å². The van der Waals surface area contributed by atoms with E-state index in [1.807, 2.05) is 19.1 Å². The lowest BCUT2D eigenvalue weighted by atomic mass is 9.81. The predicted molar refractivity (Wildman–Crippen MR) is 127 cm³/mol. The van der Waals surface area contributed by atoms with Crippen molar-refractivity contribution in [3.05, 3.63) is 53.1 Å². The molecule has 2 aliphatic heterocycles. The Bertz CT molecular complexity index is 1070. The van der Waals surface area contributed by atoms with Gasteiger partial charge in [0.25, 0.3) is 0 Å². The standard InChI is InChI=1S/C26H35NO3S/c1-19-16-20(6-7-23(19)18-31(5,28)29)21-8-9-24-22(17-21)10-11-26(30-24)12-14-27(15-13-26)25(2,3)4/h6-9,16-17H,10-15,18H2,1-5H3. The van der Waals surface area contributed by atoms with Gasteiger partial charge >= 0.3 is 0 Å². The monoisotopic (exact) mass is 441 g/mol. The Morgan fingerprint density at radius 1 is 1.00 bits per heavy atom. The maximum atomic E-state index is 11.6. The van der Waals surface area contributed by atoms with E-state index in [-0.39, 0.29) is 16.9 Å². The number of nitrogens with zero attached hydrogens (tertiary/aromatic N) is 1. The van der Waals surface area contributed by atoms with Crippen molar-refractivity contribution in [2.45, 2.75) is 70.3 Å². The van der Waals surface area contributed by atoms with Gasteiger partial charge in [-0.25, -0.2) is 8.42 Å². The number of hydrogen-bond donors (Lipinski definition) is 0. The van der Waals surface area contributed by atoms with Crippen LogP contribution in [0.1, 0.15) is 56.7 Å². The molecule has 0 aliphatic carbocycles. The fraction of sp³-hybridized carbons (Fsp3) is 0.538. The minimum atomic E-state index is -3.03. The first-order valence-corrected chi connectivity index (χ1v) is 13.3. The van der Waals surface area contributed by atoms with E-state index in [1.165, 1.54) is 11.8 Å². The van der Waals surface area contributed by atoms with Crippen molar-refractivity contribution in [2.75, 3.05) is 19.3 Å². The molecule has 0 radical (unpaired) electrons. The van der Waals surface area contributed by atoms with Crippen molar-refractivity contribution in [1.82, 2.24) is 4.90 Å². The van der Waals surface area contributed by atoms with Crippen molar-refractivity contribution in [3.63, 3.8) is 0 Å². The fourth-order valence-corrected chi connectivity index (χ4v) is 5.85. The van der Waals surface area contributed by atoms with Crippen LogP contribution >= 0.6 is 0 Å². The SMILES string of the molecule is Cc1cc(-c2ccc3c(c2)CCC2(CCN(C(C)(C)C)CC2)O3)ccc1CS(C)(=O)=O. The molecule has 31 heavy (non-hydrogen) atoms. The first-order valence-electron chi connectivity index (χ1n) is 11.3. The first kappa shape index (κ1) is 22.3. The minimum Gasteiger partial charge on any atom is -0.487 e. The van der Waals surface area contributed by atoms with Crippen LogP contribution in [0.2, 0.25) is 0 Å². The third-order valence-electron chi connectivity index (χ3n) is 6.95. The van der Waals surface area contributed by atoms with Gasteiger partial charge in [0.15, 0.2) is 9.84 Å². The van der Waals surface area contributed by atoms with E-state index >= 15 is 0 Å². The van der Waals surface area contributed by atoms with Crippen molar-refractivity contribution >= 4 is 9.84 Å². The average Bonchev–Trinajstić information content (AvgIpc) is 2.68. The predicted octanol–water partition coefficient (Wildman–Crippen LogP) is 5.16. The average molecular weight is 442 g/mol. The van der Waals surface area contributed by atoms with E-state index in [0.717, 1.165) is 66.8 Å². The van der Waals surface area contributed by atoms with Gasteiger partial charge in [-0.15, -0.1) is 0 Å². The third-order valence-corrected chi connectivity index (χ3v) is 7.79. The highest BCUT2D eigenvalue weighted by atomic mass is 32.2. The maximum Gasteiger partial charge on any atom is 0.151 e. The van der Waals surface area contributed by atoms with Crippen LogP contribution in [0.4, 0.5) is 0 Å². The number of aryl methyl sites for hydroxylation is 2. The molecule has 1 fully saturated rings. The molecule has 2 heterocycles. The molecule has 2 aromatic rings. The van der Waals surface area contributed by atoms with Crippen LogP contribution in [0, 0.1) is 6.92 Å². The van der Waals surface area contributed by atoms with Gasteiger partial charge in [0.2, 0.25) is 0 Å². The number of likely N-dealkylation sites (tertiary alicyclic amines) is 1. The normalized spacial score (nSPS) is 19.1. The summed E-state index contributed by atoms with van der Waals surface area (Å²) in [6, 6.07) is 12.6. The lowest BCUT2D eigenvalue weighted by Crippen LogP contribution is -2.54. The van der Waals surface area contributed by atoms with Crippen LogP contribution in [-0.4, -0.2) is 43.8 Å². The zero-order chi connectivity index (χ0) is 22.4. The van der Waals surface area contributed by atoms with Crippen molar-refractivity contribution in [3.8, 4) is 16.9 Å². The Balaban J connectivity index is 1.51. The number of fused-ring (bicyclic) bond motifs is 1. The molecule has 5 heteroatoms. The van der Waals surface area contributed by atoms with Gasteiger partial charge in [-0.2, -0.15) is 0 Å². The maximum absolute atomic E-state index is 11.6. The van der Waals surface area contributed by atoms with Gasteiger partial charge in [-0.3, -0.25) is 4.90 Å². The Kier molecular flexibility index (Phi) is 5.72. The van der Waals surface area contributed by atoms with Crippen molar-refractivity contribution in [2.24, 2.45) is 0 Å². The Morgan fingerprint density at radius 2 is 1.65 bits per heavy atom. The molecule has 0 amide bonds. The molecule has 0 N–H and O–H groups in total. The highest BCUT2D eigenvalue weighted by Crippen LogP contribution is 2.41. The van der Waals surface area contributed by atoms with Gasteiger partial charge in [-0.05, 0) is 93.3 Å². The van der Waals surface area contributed by atoms with Crippen molar-refractivity contribution in [1.29, 1.82) is 0 Å². The second-order valence-electron chi connectivity index (χ2n) is 10.5. The molecule has 0 saturated carbocycles. The number of rotatable bonds is 3. The summed E-state index contributed by atoms with van der Waals surface area (Å²) in [6.45, 7) is 11.0. The minimum absolute atomic E-state index is 0.0137. The summed E-state index contributed by atoms with van der Waals surface area (Å²) in [5, 5.41) is 0. The van der Waals surface area contributed by atoms with Crippen molar-refractivity contribution < 1.29 is 13.2 Å². The van der Waals surface area contributed by atoms with Crippen LogP contribution in [0.15, 0.2) is 36.4 Å². The number of ether oxygens (including phenoxy) is 1. The summed E-state index contributed by atoms with van der Waals surface area (Å²) in [7, 11) is -3.03. The molecule has 4 nitrogen and oxygen atoms in total. The van der Waals surface area contributed by atoms with Gasteiger partial charge in [0.05, 0.1) is 5.75 Å². The summed E-state index contributed by atoms with van der Waals surface area (Å²) in [4.78, 5) is 2.57. The lowest BCUT2D eigenvalue weighted by Gasteiger charge is -2.48. The van der Waals surface area contributed by atoms with Gasteiger partial charge in [0, 0.05) is 24.9 Å². The smallest absolute Gasteiger partial charge is 0.151 e. The number of piperidine rings is 1. The molecule has 0 bridgehead atoms. The second-order valence-corrected chi connectivity index (χ2v) is 12.6. The van der Waals surface area contributed by atoms with E-state index in [9.17, 15) is 8.42 Å². The Morgan fingerprint density at radius 3 is 2.26 bits per heavy atom. The van der Waals surface area contributed by atoms with Crippen LogP contribution in [0.3, 0.4) is 0 Å². The summed E-state index contributed by atoms with van der Waals surface area (Å²) in [5.74, 6) is 1.12. The molecule has 1 spiro atoms. The largest absolute Gasteiger partial charge is 0.487 e. The van der Waals surface area contributed by atoms with Crippen LogP contribution in [-0.2, 0) is 22.0 Å². The Labute approximate surface area is 187 Å². The summed E-state index contributed by atoms with van der Waals surface area (Å²) in [5.41, 5.74) is 5.65. The van der Waals surface area contributed by atoms with E-state index < -0.39 is 9.84 Å². The summed E-state index contributed by atoms with van der Waals surface area (Å²) < 4.78 is 29.9. The molecule has 2 aliphatic rings. The summed E-state index contributed by atoms with van der Waals surface area (Å²) >= 11 is 0. The lowest BCUT2D eigenvalue weighted by molar-refractivity contribution is -0.0355. The molecule has 2 aromatic carbocycles. The highest BCUT2D eigenvalue weighted by Gasteiger charge is 2.41. The topological polar surface area (TPSA) is 46.6 Å². The van der Waals surface area contributed by atoms with Gasteiger partial charge in [0.1, 0.15) is 11.4 Å². The number of benzene rings is 2. The van der Waals surface area contributed by atoms with E-state index in [4.69, 9.17) is 4.74 Å². The molecular weight excluding hydrogens is 406 g/mol. The van der Waals surface area contributed by atoms with Crippen LogP contribution < -0.4 is 4.74 Å². The van der Waals surface area contributed by atoms with E-state index in [2.05, 4.69) is 49.9 Å². The number of sulfone groups is 1. The molecule has 0 unspecified atom stereocenters. The highest BCUT2D eigenvalue weighted by molar-refractivity contribution is 7.89. The summed E-state index contributed by atoms with van der Waals surface area (Å²) in [6.07, 6.45) is 5.58. The number of hydrogen-bond acceptors (Lipinski definition) is 4. The zero-order valence-corrected chi connectivity index (χ0v) is 20.3. The molecule has 168 valence electrons. The van der Waals surface area contributed by atoms with E-state index in [0.29, 0.717) is 0 Å². The third kappa shape index (κ3) is 4.98. The van der Waals surface area contributed by atoms with Crippen LogP contribution in [0.5, 0.6) is 5.75 Å². The Hall–Kier alpha value is -1.85.